The SMILES string of the molecule is C=C(C)C(N)Cc1cccc(F)c1F. The Kier molecular flexibility index (Phi) is 3.36. The van der Waals surface area contributed by atoms with Gasteiger partial charge in [-0.3, -0.25) is 0 Å². The van der Waals surface area contributed by atoms with Crippen molar-refractivity contribution >= 4 is 0 Å². The average molecular weight is 197 g/mol. The molecule has 14 heavy (non-hydrogen) atoms. The third kappa shape index (κ3) is 2.39. The van der Waals surface area contributed by atoms with Crippen LogP contribution >= 0.6 is 0 Å². The molecule has 2 N–H and O–H groups in total. The molecule has 0 amide bonds. The molecule has 0 aliphatic rings. The minimum Gasteiger partial charge on any atom is -0.324 e. The Balaban J connectivity index is 2.87. The zero-order valence-electron chi connectivity index (χ0n) is 8.06. The van der Waals surface area contributed by atoms with Crippen molar-refractivity contribution in [1.29, 1.82) is 0 Å². The van der Waals surface area contributed by atoms with Gasteiger partial charge in [-0.1, -0.05) is 24.3 Å². The lowest BCUT2D eigenvalue weighted by molar-refractivity contribution is 0.496. The molecule has 1 aromatic rings. The quantitative estimate of drug-likeness (QED) is 0.740. The first kappa shape index (κ1) is 10.9. The first-order valence-corrected chi connectivity index (χ1v) is 4.36. The molecule has 0 saturated heterocycles. The lowest BCUT2D eigenvalue weighted by atomic mass is 10.0. The second kappa shape index (κ2) is 4.33. The van der Waals surface area contributed by atoms with Crippen LogP contribution in [-0.2, 0) is 6.42 Å². The third-order valence-electron chi connectivity index (χ3n) is 2.10. The maximum absolute atomic E-state index is 13.2. The zero-order chi connectivity index (χ0) is 10.7. The Labute approximate surface area is 82.2 Å². The van der Waals surface area contributed by atoms with Crippen LogP contribution in [0.2, 0.25) is 0 Å². The Morgan fingerprint density at radius 3 is 2.71 bits per heavy atom. The molecule has 0 aliphatic carbocycles. The van der Waals surface area contributed by atoms with Crippen LogP contribution in [0.15, 0.2) is 30.4 Å². The first-order valence-electron chi connectivity index (χ1n) is 4.36. The van der Waals surface area contributed by atoms with E-state index in [1.54, 1.807) is 6.92 Å². The summed E-state index contributed by atoms with van der Waals surface area (Å²) in [5.41, 5.74) is 6.73. The van der Waals surface area contributed by atoms with Crippen LogP contribution in [0.3, 0.4) is 0 Å². The van der Waals surface area contributed by atoms with Gasteiger partial charge in [-0.05, 0) is 25.0 Å². The molecule has 0 fully saturated rings. The molecule has 1 nitrogen and oxygen atoms in total. The van der Waals surface area contributed by atoms with Gasteiger partial charge in [0.15, 0.2) is 11.6 Å². The number of benzene rings is 1. The lowest BCUT2D eigenvalue weighted by Gasteiger charge is -2.11. The van der Waals surface area contributed by atoms with E-state index in [0.717, 1.165) is 11.6 Å². The summed E-state index contributed by atoms with van der Waals surface area (Å²) >= 11 is 0. The summed E-state index contributed by atoms with van der Waals surface area (Å²) in [6.45, 7) is 5.43. The van der Waals surface area contributed by atoms with E-state index in [1.807, 2.05) is 0 Å². The highest BCUT2D eigenvalue weighted by atomic mass is 19.2. The fraction of sp³-hybridized carbons (Fsp3) is 0.273. The molecular weight excluding hydrogens is 184 g/mol. The van der Waals surface area contributed by atoms with E-state index >= 15 is 0 Å². The largest absolute Gasteiger partial charge is 0.324 e. The van der Waals surface area contributed by atoms with Crippen molar-refractivity contribution in [3.63, 3.8) is 0 Å². The van der Waals surface area contributed by atoms with Crippen LogP contribution in [0.25, 0.3) is 0 Å². The van der Waals surface area contributed by atoms with Gasteiger partial charge in [-0.25, -0.2) is 8.78 Å². The van der Waals surface area contributed by atoms with E-state index in [0.29, 0.717) is 5.56 Å². The molecule has 1 unspecified atom stereocenters. The molecule has 76 valence electrons. The standard InChI is InChI=1S/C11H13F2N/c1-7(2)10(14)6-8-4-3-5-9(12)11(8)13/h3-5,10H,1,6,14H2,2H3. The Bertz CT molecular complexity index is 347. The van der Waals surface area contributed by atoms with Gasteiger partial charge in [-0.15, -0.1) is 0 Å². The molecule has 3 heteroatoms. The Morgan fingerprint density at radius 2 is 2.14 bits per heavy atom. The Morgan fingerprint density at radius 1 is 1.50 bits per heavy atom. The van der Waals surface area contributed by atoms with Crippen molar-refractivity contribution in [2.75, 3.05) is 0 Å². The van der Waals surface area contributed by atoms with Crippen LogP contribution in [0.4, 0.5) is 8.78 Å². The molecule has 0 radical (unpaired) electrons. The molecule has 1 aromatic carbocycles. The van der Waals surface area contributed by atoms with Crippen molar-refractivity contribution < 1.29 is 8.78 Å². The molecule has 1 atom stereocenters. The summed E-state index contributed by atoms with van der Waals surface area (Å²) in [6.07, 6.45) is 0.277. The van der Waals surface area contributed by atoms with Crippen molar-refractivity contribution in [3.8, 4) is 0 Å². The molecule has 0 aromatic heterocycles. The fourth-order valence-electron chi connectivity index (χ4n) is 1.12. The maximum atomic E-state index is 13.2. The molecular formula is C11H13F2N. The van der Waals surface area contributed by atoms with Crippen molar-refractivity contribution in [1.82, 2.24) is 0 Å². The lowest BCUT2D eigenvalue weighted by Crippen LogP contribution is -2.24. The van der Waals surface area contributed by atoms with E-state index in [2.05, 4.69) is 6.58 Å². The van der Waals surface area contributed by atoms with Crippen molar-refractivity contribution in [3.05, 3.63) is 47.5 Å². The summed E-state index contributed by atoms with van der Waals surface area (Å²) in [5, 5.41) is 0. The second-order valence-electron chi connectivity index (χ2n) is 3.37. The second-order valence-corrected chi connectivity index (χ2v) is 3.37. The van der Waals surface area contributed by atoms with Crippen LogP contribution < -0.4 is 5.73 Å². The molecule has 0 saturated carbocycles. The minimum atomic E-state index is -0.837. The fourth-order valence-corrected chi connectivity index (χ4v) is 1.12. The predicted molar refractivity (Wildman–Crippen MR) is 52.9 cm³/mol. The molecule has 0 heterocycles. The molecule has 0 aliphatic heterocycles. The maximum Gasteiger partial charge on any atom is 0.162 e. The average Bonchev–Trinajstić information content (AvgIpc) is 2.12. The van der Waals surface area contributed by atoms with Gasteiger partial charge in [0.2, 0.25) is 0 Å². The molecule has 0 bridgehead atoms. The van der Waals surface area contributed by atoms with E-state index < -0.39 is 11.6 Å². The summed E-state index contributed by atoms with van der Waals surface area (Å²) in [7, 11) is 0. The van der Waals surface area contributed by atoms with Gasteiger partial charge in [0.25, 0.3) is 0 Å². The van der Waals surface area contributed by atoms with Gasteiger partial charge in [0.1, 0.15) is 0 Å². The Hall–Kier alpha value is -1.22. The van der Waals surface area contributed by atoms with Crippen LogP contribution in [0, 0.1) is 11.6 Å². The van der Waals surface area contributed by atoms with Crippen LogP contribution in [0.1, 0.15) is 12.5 Å². The summed E-state index contributed by atoms with van der Waals surface area (Å²) in [6, 6.07) is 3.76. The van der Waals surface area contributed by atoms with Gasteiger partial charge < -0.3 is 5.73 Å². The van der Waals surface area contributed by atoms with Crippen molar-refractivity contribution in [2.45, 2.75) is 19.4 Å². The number of hydrogen-bond donors (Lipinski definition) is 1. The summed E-state index contributed by atoms with van der Waals surface area (Å²) < 4.78 is 26.0. The predicted octanol–water partition coefficient (Wildman–Crippen LogP) is 2.41. The van der Waals surface area contributed by atoms with Crippen molar-refractivity contribution in [2.24, 2.45) is 5.73 Å². The highest BCUT2D eigenvalue weighted by Gasteiger charge is 2.11. The number of hydrogen-bond acceptors (Lipinski definition) is 1. The highest BCUT2D eigenvalue weighted by molar-refractivity contribution is 5.22. The van der Waals surface area contributed by atoms with Gasteiger partial charge >= 0.3 is 0 Å². The van der Waals surface area contributed by atoms with E-state index in [4.69, 9.17) is 5.73 Å². The molecule has 0 spiro atoms. The summed E-state index contributed by atoms with van der Waals surface area (Å²) in [5.74, 6) is -1.65. The number of nitrogens with two attached hydrogens (primary N) is 1. The van der Waals surface area contributed by atoms with Crippen LogP contribution in [-0.4, -0.2) is 6.04 Å². The van der Waals surface area contributed by atoms with Gasteiger partial charge in [0.05, 0.1) is 0 Å². The first-order chi connectivity index (χ1) is 6.52. The monoisotopic (exact) mass is 197 g/mol. The van der Waals surface area contributed by atoms with E-state index in [-0.39, 0.29) is 12.5 Å². The van der Waals surface area contributed by atoms with E-state index in [1.165, 1.54) is 12.1 Å². The molecule has 1 rings (SSSR count). The topological polar surface area (TPSA) is 26.0 Å². The number of rotatable bonds is 3. The number of halogens is 2. The van der Waals surface area contributed by atoms with E-state index in [9.17, 15) is 8.78 Å². The smallest absolute Gasteiger partial charge is 0.162 e. The highest BCUT2D eigenvalue weighted by Crippen LogP contribution is 2.14. The normalized spacial score (nSPS) is 12.6. The van der Waals surface area contributed by atoms with Crippen LogP contribution in [0.5, 0.6) is 0 Å². The third-order valence-corrected chi connectivity index (χ3v) is 2.10. The van der Waals surface area contributed by atoms with Gasteiger partial charge in [-0.2, -0.15) is 0 Å². The zero-order valence-corrected chi connectivity index (χ0v) is 8.06. The minimum absolute atomic E-state index is 0.277. The van der Waals surface area contributed by atoms with Gasteiger partial charge in [0, 0.05) is 6.04 Å². The summed E-state index contributed by atoms with van der Waals surface area (Å²) in [4.78, 5) is 0.